The molecule has 0 spiro atoms. The van der Waals surface area contributed by atoms with Gasteiger partial charge in [-0.15, -0.1) is 0 Å². The standard InChI is InChI=1S/C23H29N3O7S/c1-16-5-7-17(8-6-16)14-24-22(27)23(28)25-15-21-26(11-4-12-33-21)34(29,30)18-9-10-19(31-2)20(13-18)32-3/h5-10,13,21H,4,11-12,14-15H2,1-3H3,(H,24,27)(H,25,28). The zero-order valence-electron chi connectivity index (χ0n) is 19.4. The van der Waals surface area contributed by atoms with Gasteiger partial charge < -0.3 is 24.8 Å². The molecule has 0 saturated carbocycles. The van der Waals surface area contributed by atoms with Crippen molar-refractivity contribution in [3.05, 3.63) is 53.6 Å². The highest BCUT2D eigenvalue weighted by Gasteiger charge is 2.35. The van der Waals surface area contributed by atoms with Crippen molar-refractivity contribution in [1.82, 2.24) is 14.9 Å². The maximum absolute atomic E-state index is 13.3. The first-order valence-corrected chi connectivity index (χ1v) is 12.2. The predicted octanol–water partition coefficient (Wildman–Crippen LogP) is 1.18. The van der Waals surface area contributed by atoms with Gasteiger partial charge in [-0.1, -0.05) is 29.8 Å². The summed E-state index contributed by atoms with van der Waals surface area (Å²) in [5.74, 6) is -1.01. The number of methoxy groups -OCH3 is 2. The molecule has 1 aliphatic heterocycles. The van der Waals surface area contributed by atoms with Crippen molar-refractivity contribution in [3.63, 3.8) is 0 Å². The normalized spacial score (nSPS) is 16.5. The van der Waals surface area contributed by atoms with E-state index >= 15 is 0 Å². The molecule has 1 heterocycles. The Morgan fingerprint density at radius 3 is 2.38 bits per heavy atom. The third-order valence-electron chi connectivity index (χ3n) is 5.33. The Kier molecular flexibility index (Phi) is 8.48. The van der Waals surface area contributed by atoms with Crippen LogP contribution in [0.4, 0.5) is 0 Å². The average Bonchev–Trinajstić information content (AvgIpc) is 2.86. The molecule has 184 valence electrons. The summed E-state index contributed by atoms with van der Waals surface area (Å²) in [6.45, 7) is 2.52. The van der Waals surface area contributed by atoms with E-state index in [0.717, 1.165) is 11.1 Å². The van der Waals surface area contributed by atoms with Crippen molar-refractivity contribution in [3.8, 4) is 11.5 Å². The second kappa shape index (κ2) is 11.3. The summed E-state index contributed by atoms with van der Waals surface area (Å²) in [4.78, 5) is 24.4. The summed E-state index contributed by atoms with van der Waals surface area (Å²) >= 11 is 0. The van der Waals surface area contributed by atoms with E-state index in [1.807, 2.05) is 31.2 Å². The summed E-state index contributed by atoms with van der Waals surface area (Å²) in [5, 5.41) is 5.01. The van der Waals surface area contributed by atoms with Crippen molar-refractivity contribution in [2.24, 2.45) is 0 Å². The minimum Gasteiger partial charge on any atom is -0.493 e. The van der Waals surface area contributed by atoms with Crippen molar-refractivity contribution in [2.75, 3.05) is 33.9 Å². The molecule has 2 aromatic rings. The van der Waals surface area contributed by atoms with E-state index in [0.29, 0.717) is 18.8 Å². The number of carbonyl (C=O) groups excluding carboxylic acids is 2. The molecule has 2 aromatic carbocycles. The van der Waals surface area contributed by atoms with E-state index in [-0.39, 0.29) is 30.3 Å². The van der Waals surface area contributed by atoms with Crippen LogP contribution in [0.15, 0.2) is 47.4 Å². The molecule has 2 amide bonds. The van der Waals surface area contributed by atoms with Crippen LogP contribution in [0.5, 0.6) is 11.5 Å². The van der Waals surface area contributed by atoms with Crippen LogP contribution in [-0.4, -0.2) is 64.7 Å². The summed E-state index contributed by atoms with van der Waals surface area (Å²) < 4.78 is 43.7. The zero-order chi connectivity index (χ0) is 24.7. The van der Waals surface area contributed by atoms with Gasteiger partial charge in [-0.2, -0.15) is 4.31 Å². The lowest BCUT2D eigenvalue weighted by Crippen LogP contribution is -2.53. The van der Waals surface area contributed by atoms with E-state index in [1.165, 1.54) is 36.7 Å². The number of nitrogens with zero attached hydrogens (tertiary/aromatic N) is 1. The first-order chi connectivity index (χ1) is 16.3. The van der Waals surface area contributed by atoms with Crippen molar-refractivity contribution >= 4 is 21.8 Å². The van der Waals surface area contributed by atoms with Gasteiger partial charge in [0.15, 0.2) is 11.5 Å². The first-order valence-electron chi connectivity index (χ1n) is 10.7. The molecule has 1 saturated heterocycles. The van der Waals surface area contributed by atoms with Crippen LogP contribution in [0.25, 0.3) is 0 Å². The summed E-state index contributed by atoms with van der Waals surface area (Å²) in [6, 6.07) is 11.8. The second-order valence-electron chi connectivity index (χ2n) is 7.69. The maximum Gasteiger partial charge on any atom is 0.309 e. The SMILES string of the molecule is COc1ccc(S(=O)(=O)N2CCCOC2CNC(=O)C(=O)NCc2ccc(C)cc2)cc1OC. The highest BCUT2D eigenvalue weighted by molar-refractivity contribution is 7.89. The quantitative estimate of drug-likeness (QED) is 0.532. The third-order valence-corrected chi connectivity index (χ3v) is 7.22. The van der Waals surface area contributed by atoms with Crippen LogP contribution in [0, 0.1) is 6.92 Å². The lowest BCUT2D eigenvalue weighted by atomic mass is 10.1. The minimum atomic E-state index is -3.97. The Hall–Kier alpha value is -3.15. The number of nitrogens with one attached hydrogen (secondary N) is 2. The molecule has 2 N–H and O–H groups in total. The van der Waals surface area contributed by atoms with Crippen LogP contribution >= 0.6 is 0 Å². The molecule has 34 heavy (non-hydrogen) atoms. The second-order valence-corrected chi connectivity index (χ2v) is 9.58. The Morgan fingerprint density at radius 2 is 1.71 bits per heavy atom. The molecule has 10 nitrogen and oxygen atoms in total. The van der Waals surface area contributed by atoms with Crippen LogP contribution < -0.4 is 20.1 Å². The summed E-state index contributed by atoms with van der Waals surface area (Å²) in [7, 11) is -1.09. The molecule has 1 aliphatic rings. The van der Waals surface area contributed by atoms with E-state index < -0.39 is 28.1 Å². The molecule has 11 heteroatoms. The van der Waals surface area contributed by atoms with Gasteiger partial charge in [0.05, 0.1) is 32.3 Å². The monoisotopic (exact) mass is 491 g/mol. The molecule has 0 aromatic heterocycles. The molecule has 0 aliphatic carbocycles. The fraction of sp³-hybridized carbons (Fsp3) is 0.391. The number of aryl methyl sites for hydroxylation is 1. The van der Waals surface area contributed by atoms with E-state index in [4.69, 9.17) is 14.2 Å². The number of amides is 2. The molecule has 1 atom stereocenters. The number of sulfonamides is 1. The topological polar surface area (TPSA) is 123 Å². The predicted molar refractivity (Wildman–Crippen MR) is 124 cm³/mol. The number of carbonyl (C=O) groups is 2. The molecular formula is C23H29N3O7S. The fourth-order valence-corrected chi connectivity index (χ4v) is 5.02. The van der Waals surface area contributed by atoms with Crippen molar-refractivity contribution in [2.45, 2.75) is 31.0 Å². The van der Waals surface area contributed by atoms with Gasteiger partial charge in [0.2, 0.25) is 10.0 Å². The van der Waals surface area contributed by atoms with Gasteiger partial charge in [0.25, 0.3) is 0 Å². The van der Waals surface area contributed by atoms with Gasteiger partial charge in [-0.25, -0.2) is 8.42 Å². The van der Waals surface area contributed by atoms with Crippen LogP contribution in [0.2, 0.25) is 0 Å². The smallest absolute Gasteiger partial charge is 0.309 e. The number of rotatable bonds is 8. The number of hydrogen-bond donors (Lipinski definition) is 2. The highest BCUT2D eigenvalue weighted by atomic mass is 32.2. The number of hydrogen-bond acceptors (Lipinski definition) is 7. The number of ether oxygens (including phenoxy) is 3. The Balaban J connectivity index is 1.63. The maximum atomic E-state index is 13.3. The summed E-state index contributed by atoms with van der Waals surface area (Å²) in [6.07, 6.45) is -0.464. The van der Waals surface area contributed by atoms with Crippen LogP contribution in [0.1, 0.15) is 17.5 Å². The molecule has 3 rings (SSSR count). The lowest BCUT2D eigenvalue weighted by molar-refractivity contribution is -0.140. The average molecular weight is 492 g/mol. The Morgan fingerprint density at radius 1 is 1.03 bits per heavy atom. The molecule has 0 radical (unpaired) electrons. The lowest BCUT2D eigenvalue weighted by Gasteiger charge is -2.34. The highest BCUT2D eigenvalue weighted by Crippen LogP contribution is 2.31. The van der Waals surface area contributed by atoms with Crippen LogP contribution in [-0.2, 0) is 30.9 Å². The van der Waals surface area contributed by atoms with Crippen molar-refractivity contribution < 1.29 is 32.2 Å². The van der Waals surface area contributed by atoms with Gasteiger partial charge in [-0.3, -0.25) is 9.59 Å². The molecule has 1 fully saturated rings. The largest absolute Gasteiger partial charge is 0.493 e. The van der Waals surface area contributed by atoms with Crippen LogP contribution in [0.3, 0.4) is 0 Å². The molecule has 1 unspecified atom stereocenters. The van der Waals surface area contributed by atoms with Gasteiger partial charge in [0, 0.05) is 19.2 Å². The van der Waals surface area contributed by atoms with Crippen molar-refractivity contribution in [1.29, 1.82) is 0 Å². The van der Waals surface area contributed by atoms with E-state index in [2.05, 4.69) is 10.6 Å². The van der Waals surface area contributed by atoms with Gasteiger partial charge in [0.1, 0.15) is 6.23 Å². The zero-order valence-corrected chi connectivity index (χ0v) is 20.2. The van der Waals surface area contributed by atoms with Gasteiger partial charge in [-0.05, 0) is 31.0 Å². The molecular weight excluding hydrogens is 462 g/mol. The Bertz CT molecular complexity index is 1120. The first kappa shape index (κ1) is 25.5. The fourth-order valence-electron chi connectivity index (χ4n) is 3.44. The van der Waals surface area contributed by atoms with Gasteiger partial charge >= 0.3 is 11.8 Å². The number of benzene rings is 2. The van der Waals surface area contributed by atoms with E-state index in [9.17, 15) is 18.0 Å². The third kappa shape index (κ3) is 6.04. The minimum absolute atomic E-state index is 0.00261. The molecule has 0 bridgehead atoms. The summed E-state index contributed by atoms with van der Waals surface area (Å²) in [5.41, 5.74) is 1.95. The van der Waals surface area contributed by atoms with E-state index in [1.54, 1.807) is 0 Å². The Labute approximate surface area is 199 Å².